The van der Waals surface area contributed by atoms with Gasteiger partial charge in [-0.25, -0.2) is 4.98 Å². The van der Waals surface area contributed by atoms with E-state index in [-0.39, 0.29) is 17.7 Å². The van der Waals surface area contributed by atoms with Gasteiger partial charge in [-0.05, 0) is 67.3 Å². The first-order valence-corrected chi connectivity index (χ1v) is 13.7. The Bertz CT molecular complexity index is 1390. The van der Waals surface area contributed by atoms with Gasteiger partial charge in [0.15, 0.2) is 0 Å². The van der Waals surface area contributed by atoms with Gasteiger partial charge in [-0.3, -0.25) is 14.9 Å². The van der Waals surface area contributed by atoms with Crippen molar-refractivity contribution < 1.29 is 9.59 Å². The Labute approximate surface area is 225 Å². The molecule has 0 atom stereocenters. The molecule has 1 N–H and O–H groups in total. The second-order valence-electron chi connectivity index (χ2n) is 9.69. The van der Waals surface area contributed by atoms with Crippen LogP contribution in [-0.2, 0) is 17.8 Å². The van der Waals surface area contributed by atoms with Crippen molar-refractivity contribution in [3.63, 3.8) is 0 Å². The lowest BCUT2D eigenvalue weighted by Crippen LogP contribution is -2.33. The number of nitrogens with zero attached hydrogens (tertiary/aromatic N) is 3. The van der Waals surface area contributed by atoms with Crippen LogP contribution in [0.25, 0.3) is 11.0 Å². The molecular weight excluding hydrogens is 528 g/mol. The summed E-state index contributed by atoms with van der Waals surface area (Å²) in [6, 6.07) is 23.4. The summed E-state index contributed by atoms with van der Waals surface area (Å²) in [5.41, 5.74) is 4.26. The number of carbonyl (C=O) groups is 2. The second kappa shape index (κ2) is 11.3. The fourth-order valence-corrected chi connectivity index (χ4v) is 5.32. The Balaban J connectivity index is 1.45. The molecule has 1 aliphatic rings. The van der Waals surface area contributed by atoms with Gasteiger partial charge in [0.2, 0.25) is 11.9 Å². The first-order chi connectivity index (χ1) is 18.0. The number of carbonyl (C=O) groups excluding carboxylic acids is 2. The van der Waals surface area contributed by atoms with Gasteiger partial charge in [-0.15, -0.1) is 0 Å². The lowest BCUT2D eigenvalue weighted by atomic mass is 9.88. The van der Waals surface area contributed by atoms with Crippen LogP contribution in [0.15, 0.2) is 77.3 Å². The van der Waals surface area contributed by atoms with E-state index in [2.05, 4.69) is 33.4 Å². The van der Waals surface area contributed by atoms with Crippen LogP contribution in [0.5, 0.6) is 0 Å². The van der Waals surface area contributed by atoms with Gasteiger partial charge >= 0.3 is 0 Å². The van der Waals surface area contributed by atoms with Crippen molar-refractivity contribution in [1.29, 1.82) is 0 Å². The Hall–Kier alpha value is -3.45. The van der Waals surface area contributed by atoms with Crippen molar-refractivity contribution in [3.8, 4) is 0 Å². The number of rotatable bonds is 7. The van der Waals surface area contributed by atoms with Crippen LogP contribution in [0.4, 0.5) is 11.6 Å². The maximum absolute atomic E-state index is 13.1. The summed E-state index contributed by atoms with van der Waals surface area (Å²) >= 11 is 3.42. The van der Waals surface area contributed by atoms with E-state index in [1.807, 2.05) is 60.1 Å². The molecule has 1 saturated carbocycles. The number of amides is 2. The summed E-state index contributed by atoms with van der Waals surface area (Å²) in [5.74, 6) is 0.552. The quantitative estimate of drug-likeness (QED) is 0.270. The summed E-state index contributed by atoms with van der Waals surface area (Å²) in [7, 11) is 1.85. The molecule has 4 aromatic rings. The lowest BCUT2D eigenvalue weighted by Gasteiger charge is -2.26. The Morgan fingerprint density at radius 3 is 2.46 bits per heavy atom. The van der Waals surface area contributed by atoms with Crippen molar-refractivity contribution in [2.24, 2.45) is 5.92 Å². The number of fused-ring (bicyclic) bond motifs is 1. The standard InChI is InChI=1S/C30H31BrN4O2/c1-34(29(37)23-10-6-3-7-11-23)25-16-17-27-26(20-25)32-30(33-28(36)22-12-14-24(31)15-13-22)35(27)19-18-21-8-4-2-5-9-21/h2,4-5,8-9,12-17,20,23H,3,6-7,10-11,18-19H2,1H3,(H,32,33,36). The molecule has 1 heterocycles. The predicted octanol–water partition coefficient (Wildman–Crippen LogP) is 6.84. The molecule has 0 spiro atoms. The average molecular weight is 560 g/mol. The van der Waals surface area contributed by atoms with E-state index in [0.29, 0.717) is 18.1 Å². The van der Waals surface area contributed by atoms with E-state index < -0.39 is 0 Å². The highest BCUT2D eigenvalue weighted by molar-refractivity contribution is 9.10. The number of imidazole rings is 1. The van der Waals surface area contributed by atoms with Gasteiger partial charge in [0.1, 0.15) is 0 Å². The lowest BCUT2D eigenvalue weighted by molar-refractivity contribution is -0.123. The van der Waals surface area contributed by atoms with Gasteiger partial charge in [0.25, 0.3) is 5.91 Å². The van der Waals surface area contributed by atoms with Crippen LogP contribution in [0.2, 0.25) is 0 Å². The number of nitrogens with one attached hydrogen (secondary N) is 1. The molecule has 6 nitrogen and oxygen atoms in total. The van der Waals surface area contributed by atoms with Gasteiger partial charge in [0.05, 0.1) is 11.0 Å². The molecule has 3 aromatic carbocycles. The second-order valence-corrected chi connectivity index (χ2v) is 10.6. The number of anilines is 2. The molecule has 0 aliphatic heterocycles. The van der Waals surface area contributed by atoms with E-state index in [1.165, 1.54) is 12.0 Å². The Kier molecular flexibility index (Phi) is 7.70. The van der Waals surface area contributed by atoms with Crippen molar-refractivity contribution in [3.05, 3.63) is 88.4 Å². The zero-order chi connectivity index (χ0) is 25.8. The summed E-state index contributed by atoms with van der Waals surface area (Å²) in [6.07, 6.45) is 6.19. The third-order valence-electron chi connectivity index (χ3n) is 7.20. The van der Waals surface area contributed by atoms with Crippen molar-refractivity contribution in [2.75, 3.05) is 17.3 Å². The minimum absolute atomic E-state index is 0.0960. The summed E-state index contributed by atoms with van der Waals surface area (Å²) < 4.78 is 2.96. The van der Waals surface area contributed by atoms with E-state index in [9.17, 15) is 9.59 Å². The third kappa shape index (κ3) is 5.77. The molecule has 0 radical (unpaired) electrons. The Morgan fingerprint density at radius 2 is 1.73 bits per heavy atom. The number of benzene rings is 3. The fraction of sp³-hybridized carbons (Fsp3) is 0.300. The SMILES string of the molecule is CN(C(=O)C1CCCCC1)c1ccc2c(c1)nc(NC(=O)c1ccc(Br)cc1)n2CCc1ccccc1. The summed E-state index contributed by atoms with van der Waals surface area (Å²) in [4.78, 5) is 32.7. The molecule has 1 fully saturated rings. The molecule has 2 amide bonds. The van der Waals surface area contributed by atoms with Crippen LogP contribution < -0.4 is 10.2 Å². The normalized spacial score (nSPS) is 14.0. The maximum atomic E-state index is 13.1. The molecule has 1 aromatic heterocycles. The largest absolute Gasteiger partial charge is 0.315 e. The van der Waals surface area contributed by atoms with Crippen LogP contribution in [0, 0.1) is 5.92 Å². The van der Waals surface area contributed by atoms with Gasteiger partial charge in [0, 0.05) is 35.2 Å². The number of aryl methyl sites for hydroxylation is 2. The van der Waals surface area contributed by atoms with Crippen molar-refractivity contribution >= 4 is 50.4 Å². The summed E-state index contributed by atoms with van der Waals surface area (Å²) in [6.45, 7) is 0.659. The molecule has 1 aliphatic carbocycles. The van der Waals surface area contributed by atoms with Crippen LogP contribution in [0.1, 0.15) is 48.0 Å². The van der Waals surface area contributed by atoms with E-state index >= 15 is 0 Å². The Morgan fingerprint density at radius 1 is 1.00 bits per heavy atom. The zero-order valence-electron chi connectivity index (χ0n) is 21.0. The molecule has 0 unspecified atom stereocenters. The average Bonchev–Trinajstić information content (AvgIpc) is 3.28. The maximum Gasteiger partial charge on any atom is 0.257 e. The van der Waals surface area contributed by atoms with E-state index in [1.54, 1.807) is 17.0 Å². The molecule has 0 saturated heterocycles. The highest BCUT2D eigenvalue weighted by Gasteiger charge is 2.25. The monoisotopic (exact) mass is 558 g/mol. The van der Waals surface area contributed by atoms with Gasteiger partial charge in [-0.1, -0.05) is 65.5 Å². The van der Waals surface area contributed by atoms with Gasteiger partial charge < -0.3 is 9.47 Å². The molecule has 5 rings (SSSR count). The molecule has 37 heavy (non-hydrogen) atoms. The van der Waals surface area contributed by atoms with E-state index in [0.717, 1.165) is 53.3 Å². The van der Waals surface area contributed by atoms with Crippen molar-refractivity contribution in [2.45, 2.75) is 45.1 Å². The predicted molar refractivity (Wildman–Crippen MR) is 152 cm³/mol. The minimum atomic E-state index is -0.214. The number of hydrogen-bond donors (Lipinski definition) is 1. The van der Waals surface area contributed by atoms with Gasteiger partial charge in [-0.2, -0.15) is 0 Å². The van der Waals surface area contributed by atoms with E-state index in [4.69, 9.17) is 4.98 Å². The zero-order valence-corrected chi connectivity index (χ0v) is 22.6. The highest BCUT2D eigenvalue weighted by Crippen LogP contribution is 2.30. The molecule has 0 bridgehead atoms. The molecule has 190 valence electrons. The molecule has 7 heteroatoms. The number of halogens is 1. The highest BCUT2D eigenvalue weighted by atomic mass is 79.9. The van der Waals surface area contributed by atoms with Crippen LogP contribution in [-0.4, -0.2) is 28.4 Å². The van der Waals surface area contributed by atoms with Crippen LogP contribution >= 0.6 is 15.9 Å². The topological polar surface area (TPSA) is 67.2 Å². The smallest absolute Gasteiger partial charge is 0.257 e. The van der Waals surface area contributed by atoms with Crippen LogP contribution in [0.3, 0.4) is 0 Å². The number of aromatic nitrogens is 2. The number of hydrogen-bond acceptors (Lipinski definition) is 3. The minimum Gasteiger partial charge on any atom is -0.315 e. The van der Waals surface area contributed by atoms with Crippen molar-refractivity contribution in [1.82, 2.24) is 9.55 Å². The fourth-order valence-electron chi connectivity index (χ4n) is 5.06. The first-order valence-electron chi connectivity index (χ1n) is 12.9. The first kappa shape index (κ1) is 25.2. The third-order valence-corrected chi connectivity index (χ3v) is 7.73. The summed E-state index contributed by atoms with van der Waals surface area (Å²) in [5, 5.41) is 3.01. The molecular formula is C30H31BrN4O2.